The van der Waals surface area contributed by atoms with Crippen LogP contribution in [0.5, 0.6) is 0 Å². The molecule has 1 heterocycles. The van der Waals surface area contributed by atoms with Gasteiger partial charge >= 0.3 is 5.97 Å². The highest BCUT2D eigenvalue weighted by Crippen LogP contribution is 1.69. The smallest absolute Gasteiger partial charge is 0.372 e. The number of carboxylic acids is 1. The Morgan fingerprint density at radius 1 is 1.78 bits per heavy atom. The van der Waals surface area contributed by atoms with Crippen LogP contribution in [0.4, 0.5) is 0 Å². The third kappa shape index (κ3) is 1.56. The summed E-state index contributed by atoms with van der Waals surface area (Å²) in [5, 5.41) is 10.9. The number of hydrogen-bond donors (Lipinski definition) is 2. The lowest BCUT2D eigenvalue weighted by molar-refractivity contribution is -0.739. The number of nitrogens with zero attached hydrogens (tertiary/aromatic N) is 1. The largest absolute Gasteiger partial charge is 0.476 e. The summed E-state index contributed by atoms with van der Waals surface area (Å²) in [4.78, 5) is 10.0. The zero-order valence-electron chi connectivity index (χ0n) is 4.74. The summed E-state index contributed by atoms with van der Waals surface area (Å²) >= 11 is 0. The minimum atomic E-state index is -0.845. The molecule has 0 saturated carbocycles. The molecule has 1 aromatic heterocycles. The molecule has 9 heavy (non-hydrogen) atoms. The van der Waals surface area contributed by atoms with Gasteiger partial charge in [-0.3, -0.25) is 0 Å². The number of carbonyl (C=O) groups is 1. The molecule has 4 heteroatoms. The molecule has 0 aliphatic carbocycles. The summed E-state index contributed by atoms with van der Waals surface area (Å²) in [6.45, 7) is -0.00694. The normalized spacial score (nSPS) is 9.33. The average molecular weight is 127 g/mol. The molecule has 0 bridgehead atoms. The quantitative estimate of drug-likeness (QED) is 0.520. The summed E-state index contributed by atoms with van der Waals surface area (Å²) in [7, 11) is 0. The fourth-order valence-corrected chi connectivity index (χ4v) is 0.573. The van der Waals surface area contributed by atoms with E-state index in [1.807, 2.05) is 0 Å². The van der Waals surface area contributed by atoms with E-state index in [-0.39, 0.29) is 6.54 Å². The molecule has 0 radical (unpaired) electrons. The maximum atomic E-state index is 10.0. The second-order valence-corrected chi connectivity index (χ2v) is 1.66. The van der Waals surface area contributed by atoms with E-state index in [1.165, 1.54) is 4.68 Å². The molecular formula is C5H7N2O2+. The lowest BCUT2D eigenvalue weighted by Crippen LogP contribution is -2.38. The van der Waals surface area contributed by atoms with Crippen LogP contribution in [0.2, 0.25) is 0 Å². The van der Waals surface area contributed by atoms with Gasteiger partial charge in [-0.05, 0) is 0 Å². The highest BCUT2D eigenvalue weighted by atomic mass is 16.4. The van der Waals surface area contributed by atoms with Gasteiger partial charge in [0.05, 0.1) is 6.20 Å². The van der Waals surface area contributed by atoms with E-state index < -0.39 is 5.97 Å². The minimum absolute atomic E-state index is 0.00694. The molecule has 48 valence electrons. The molecule has 2 N–H and O–H groups in total. The molecule has 4 nitrogen and oxygen atoms in total. The van der Waals surface area contributed by atoms with Gasteiger partial charge in [0.1, 0.15) is 0 Å². The maximum absolute atomic E-state index is 10.0. The second-order valence-electron chi connectivity index (χ2n) is 1.66. The molecule has 0 aromatic carbocycles. The molecule has 0 amide bonds. The van der Waals surface area contributed by atoms with E-state index in [0.29, 0.717) is 0 Å². The molecule has 1 rings (SSSR count). The Balaban J connectivity index is 2.58. The molecular weight excluding hydrogens is 120 g/mol. The molecule has 0 fully saturated rings. The van der Waals surface area contributed by atoms with Gasteiger partial charge in [-0.2, -0.15) is 5.10 Å². The van der Waals surface area contributed by atoms with Gasteiger partial charge in [0, 0.05) is 6.07 Å². The highest BCUT2D eigenvalue weighted by molar-refractivity contribution is 5.64. The van der Waals surface area contributed by atoms with Crippen LogP contribution in [-0.4, -0.2) is 16.2 Å². The topological polar surface area (TPSA) is 57.0 Å². The summed E-state index contributed by atoms with van der Waals surface area (Å²) < 4.78 is 1.47. The van der Waals surface area contributed by atoms with Crippen molar-refractivity contribution >= 4 is 5.97 Å². The van der Waals surface area contributed by atoms with Crippen LogP contribution < -0.4 is 4.68 Å². The first-order valence-corrected chi connectivity index (χ1v) is 2.53. The minimum Gasteiger partial charge on any atom is -0.476 e. The van der Waals surface area contributed by atoms with E-state index in [4.69, 9.17) is 5.11 Å². The van der Waals surface area contributed by atoms with Crippen molar-refractivity contribution in [2.24, 2.45) is 0 Å². The summed E-state index contributed by atoms with van der Waals surface area (Å²) in [6.07, 6.45) is 3.33. The Hall–Kier alpha value is -1.32. The van der Waals surface area contributed by atoms with Crippen molar-refractivity contribution in [2.45, 2.75) is 6.54 Å². The van der Waals surface area contributed by atoms with Crippen molar-refractivity contribution in [3.8, 4) is 0 Å². The predicted octanol–water partition coefficient (Wildman–Crippen LogP) is -0.613. The van der Waals surface area contributed by atoms with Gasteiger partial charge < -0.3 is 5.11 Å². The maximum Gasteiger partial charge on any atom is 0.372 e. The summed E-state index contributed by atoms with van der Waals surface area (Å²) in [5.41, 5.74) is 0. The molecule has 0 atom stereocenters. The van der Waals surface area contributed by atoms with Gasteiger partial charge in [-0.25, -0.2) is 4.79 Å². The first-order chi connectivity index (χ1) is 4.29. The molecule has 0 unspecified atom stereocenters. The van der Waals surface area contributed by atoms with Crippen LogP contribution in [0.3, 0.4) is 0 Å². The molecule has 0 aliphatic heterocycles. The third-order valence-electron chi connectivity index (χ3n) is 0.908. The van der Waals surface area contributed by atoms with Crippen LogP contribution in [-0.2, 0) is 11.3 Å². The van der Waals surface area contributed by atoms with Crippen molar-refractivity contribution in [1.82, 2.24) is 5.10 Å². The second kappa shape index (κ2) is 2.30. The van der Waals surface area contributed by atoms with Crippen molar-refractivity contribution in [3.05, 3.63) is 18.5 Å². The van der Waals surface area contributed by atoms with E-state index in [1.54, 1.807) is 18.5 Å². The average Bonchev–Trinajstić information content (AvgIpc) is 2.15. The lowest BCUT2D eigenvalue weighted by Gasteiger charge is -1.81. The molecule has 0 spiro atoms. The van der Waals surface area contributed by atoms with E-state index in [2.05, 4.69) is 5.10 Å². The monoisotopic (exact) mass is 127 g/mol. The first kappa shape index (κ1) is 5.81. The summed E-state index contributed by atoms with van der Waals surface area (Å²) in [6, 6.07) is 1.74. The Kier molecular flexibility index (Phi) is 1.48. The summed E-state index contributed by atoms with van der Waals surface area (Å²) in [5.74, 6) is -0.845. The van der Waals surface area contributed by atoms with Crippen molar-refractivity contribution in [1.29, 1.82) is 0 Å². The standard InChI is InChI=1S/C5H6N2O2/c8-5(9)4-7-3-1-2-6-7/h1-3H,4H2,(H,8,9)/p+1. The van der Waals surface area contributed by atoms with Crippen molar-refractivity contribution in [2.75, 3.05) is 0 Å². The zero-order valence-corrected chi connectivity index (χ0v) is 4.74. The van der Waals surface area contributed by atoms with Gasteiger partial charge in [0.2, 0.25) is 0 Å². The van der Waals surface area contributed by atoms with Gasteiger partial charge in [0.15, 0.2) is 6.20 Å². The van der Waals surface area contributed by atoms with Gasteiger partial charge in [-0.15, -0.1) is 4.68 Å². The Bertz CT molecular complexity index is 193. The molecule has 1 aromatic rings. The molecule has 0 aliphatic rings. The predicted molar refractivity (Wildman–Crippen MR) is 28.6 cm³/mol. The Labute approximate surface area is 51.7 Å². The van der Waals surface area contributed by atoms with Crippen LogP contribution in [0.25, 0.3) is 0 Å². The Morgan fingerprint density at radius 2 is 2.56 bits per heavy atom. The number of aromatic amines is 1. The third-order valence-corrected chi connectivity index (χ3v) is 0.908. The number of H-pyrrole nitrogens is 1. The number of aliphatic carboxylic acids is 1. The highest BCUT2D eigenvalue weighted by Gasteiger charge is 2.04. The number of aromatic nitrogens is 2. The van der Waals surface area contributed by atoms with Crippen LogP contribution >= 0.6 is 0 Å². The van der Waals surface area contributed by atoms with Crippen molar-refractivity contribution < 1.29 is 14.6 Å². The van der Waals surface area contributed by atoms with Gasteiger partial charge in [-0.1, -0.05) is 0 Å². The van der Waals surface area contributed by atoms with E-state index in [9.17, 15) is 4.79 Å². The number of carboxylic acid groups (broad SMARTS) is 1. The van der Waals surface area contributed by atoms with Crippen LogP contribution in [0, 0.1) is 0 Å². The first-order valence-electron chi connectivity index (χ1n) is 2.53. The fraction of sp³-hybridized carbons (Fsp3) is 0.200. The van der Waals surface area contributed by atoms with Gasteiger partial charge in [0.25, 0.3) is 6.54 Å². The van der Waals surface area contributed by atoms with E-state index >= 15 is 0 Å². The van der Waals surface area contributed by atoms with Crippen LogP contribution in [0.15, 0.2) is 18.5 Å². The van der Waals surface area contributed by atoms with E-state index in [0.717, 1.165) is 0 Å². The Morgan fingerprint density at radius 3 is 3.00 bits per heavy atom. The number of hydrogen-bond acceptors (Lipinski definition) is 1. The number of nitrogens with one attached hydrogen (secondary N) is 1. The lowest BCUT2D eigenvalue weighted by atomic mass is 10.6. The van der Waals surface area contributed by atoms with Crippen LogP contribution in [0.1, 0.15) is 0 Å². The SMILES string of the molecule is O=C(O)C[n+]1ccc[nH]1. The fourth-order valence-electron chi connectivity index (χ4n) is 0.573. The zero-order chi connectivity index (χ0) is 6.69. The number of rotatable bonds is 2. The molecule has 0 saturated heterocycles. The van der Waals surface area contributed by atoms with Crippen molar-refractivity contribution in [3.63, 3.8) is 0 Å².